The second-order valence-electron chi connectivity index (χ2n) is 16.4. The van der Waals surface area contributed by atoms with E-state index >= 15 is 0 Å². The lowest BCUT2D eigenvalue weighted by Gasteiger charge is -2.26. The van der Waals surface area contributed by atoms with Crippen molar-refractivity contribution < 1.29 is 0 Å². The molecule has 0 atom stereocenters. The number of rotatable bonds is 6. The molecule has 0 saturated heterocycles. The van der Waals surface area contributed by atoms with Gasteiger partial charge in [0.15, 0.2) is 0 Å². The van der Waals surface area contributed by atoms with Crippen LogP contribution in [0.3, 0.4) is 0 Å². The largest absolute Gasteiger partial charge is 0.311 e. The maximum Gasteiger partial charge on any atom is 0.0620 e. The minimum atomic E-state index is -0.0897. The summed E-state index contributed by atoms with van der Waals surface area (Å²) < 4.78 is 2.46. The van der Waals surface area contributed by atoms with Gasteiger partial charge in [0.05, 0.1) is 16.6 Å². The summed E-state index contributed by atoms with van der Waals surface area (Å²) in [6, 6.07) is 77.6. The third-order valence-corrected chi connectivity index (χ3v) is 12.8. The molecule has 0 fully saturated rings. The van der Waals surface area contributed by atoms with E-state index in [2.05, 4.69) is 223 Å². The highest BCUT2D eigenvalue weighted by atomic mass is 15.1. The van der Waals surface area contributed by atoms with Crippen molar-refractivity contribution in [2.24, 2.45) is 0 Å². The smallest absolute Gasteiger partial charge is 0.0620 e. The van der Waals surface area contributed by atoms with E-state index in [0.29, 0.717) is 0 Å². The van der Waals surface area contributed by atoms with Gasteiger partial charge in [0, 0.05) is 49.6 Å². The number of para-hydroxylation sites is 2. The SMILES string of the molecule is C.CC.CC1(C)c2ccc#cc2-c2ccc(-c3ccc(N(c4ccc(-c5ccccc5)cc4)c4ccc(-c5cccc6c5c5cccc7c8ccccc8n6c75)cc4)cc3)cc21. The first kappa shape index (κ1) is 38.6. The Morgan fingerprint density at radius 2 is 1.00 bits per heavy atom. The van der Waals surface area contributed by atoms with Crippen LogP contribution >= 0.6 is 0 Å². The van der Waals surface area contributed by atoms with Crippen molar-refractivity contribution in [2.45, 2.75) is 40.5 Å². The van der Waals surface area contributed by atoms with Crippen LogP contribution < -0.4 is 4.90 Å². The van der Waals surface area contributed by atoms with Gasteiger partial charge in [-0.3, -0.25) is 0 Å². The van der Waals surface area contributed by atoms with Crippen molar-refractivity contribution in [2.75, 3.05) is 4.90 Å². The Kier molecular flexibility index (Phi) is 9.43. The van der Waals surface area contributed by atoms with Gasteiger partial charge in [-0.25, -0.2) is 0 Å². The topological polar surface area (TPSA) is 7.65 Å². The number of anilines is 3. The molecule has 0 saturated carbocycles. The molecular weight excluding hydrogens is 749 g/mol. The van der Waals surface area contributed by atoms with Crippen LogP contribution in [-0.2, 0) is 5.41 Å². The maximum atomic E-state index is 3.39. The summed E-state index contributed by atoms with van der Waals surface area (Å²) in [5, 5.41) is 5.20. The third kappa shape index (κ3) is 5.88. The number of aromatic nitrogens is 1. The van der Waals surface area contributed by atoms with Crippen LogP contribution in [0.2, 0.25) is 0 Å². The lowest BCUT2D eigenvalue weighted by atomic mass is 9.82. The molecule has 0 unspecified atom stereocenters. The summed E-state index contributed by atoms with van der Waals surface area (Å²) in [5.41, 5.74) is 19.4. The number of hydrogen-bond acceptors (Lipinski definition) is 1. The van der Waals surface area contributed by atoms with E-state index in [4.69, 9.17) is 0 Å². The molecule has 2 nitrogen and oxygen atoms in total. The van der Waals surface area contributed by atoms with E-state index in [1.165, 1.54) is 93.7 Å². The van der Waals surface area contributed by atoms with E-state index in [1.807, 2.05) is 19.9 Å². The van der Waals surface area contributed by atoms with Gasteiger partial charge in [-0.1, -0.05) is 175 Å². The Morgan fingerprint density at radius 3 is 1.71 bits per heavy atom. The fourth-order valence-electron chi connectivity index (χ4n) is 9.92. The summed E-state index contributed by atoms with van der Waals surface area (Å²) in [4.78, 5) is 2.37. The molecule has 9 aromatic carbocycles. The van der Waals surface area contributed by atoms with Crippen molar-refractivity contribution >= 4 is 55.2 Å². The normalized spacial score (nSPS) is 12.4. The minimum Gasteiger partial charge on any atom is -0.311 e. The van der Waals surface area contributed by atoms with Gasteiger partial charge in [-0.15, -0.1) is 0 Å². The first-order valence-electron chi connectivity index (χ1n) is 21.4. The first-order chi connectivity index (χ1) is 30.0. The second-order valence-corrected chi connectivity index (χ2v) is 16.4. The molecule has 0 amide bonds. The molecule has 0 radical (unpaired) electrons. The van der Waals surface area contributed by atoms with Crippen molar-refractivity contribution in [3.05, 3.63) is 217 Å². The third-order valence-electron chi connectivity index (χ3n) is 12.8. The van der Waals surface area contributed by atoms with Gasteiger partial charge in [-0.2, -0.15) is 0 Å². The Bertz CT molecular complexity index is 3370. The Labute approximate surface area is 365 Å². The molecule has 1 aliphatic rings. The predicted octanol–water partition coefficient (Wildman–Crippen LogP) is 16.9. The van der Waals surface area contributed by atoms with Crippen molar-refractivity contribution in [3.8, 4) is 44.5 Å². The predicted molar refractivity (Wildman–Crippen MR) is 265 cm³/mol. The summed E-state index contributed by atoms with van der Waals surface area (Å²) in [7, 11) is 0. The van der Waals surface area contributed by atoms with Crippen molar-refractivity contribution in [1.82, 2.24) is 4.40 Å². The summed E-state index contributed by atoms with van der Waals surface area (Å²) in [6.45, 7) is 8.63. The Hall–Kier alpha value is -7.60. The average Bonchev–Trinajstić information content (AvgIpc) is 3.93. The summed E-state index contributed by atoms with van der Waals surface area (Å²) >= 11 is 0. The highest BCUT2D eigenvalue weighted by molar-refractivity contribution is 6.25. The second kappa shape index (κ2) is 15.1. The summed E-state index contributed by atoms with van der Waals surface area (Å²) in [6.07, 6.45) is 0. The quantitative estimate of drug-likeness (QED) is 0.163. The zero-order valence-corrected chi connectivity index (χ0v) is 34.9. The van der Waals surface area contributed by atoms with Gasteiger partial charge in [0.1, 0.15) is 0 Å². The molecule has 0 aliphatic heterocycles. The molecular formula is C60H48N2. The fourth-order valence-corrected chi connectivity index (χ4v) is 9.92. The lowest BCUT2D eigenvalue weighted by Crippen LogP contribution is -2.14. The number of benzene rings is 8. The van der Waals surface area contributed by atoms with Crippen LogP contribution in [0.15, 0.2) is 194 Å². The number of nitrogens with zero attached hydrogens (tertiary/aromatic N) is 2. The number of fused-ring (bicyclic) bond motifs is 9. The van der Waals surface area contributed by atoms with Gasteiger partial charge in [0.2, 0.25) is 0 Å². The molecule has 11 aromatic rings. The number of hydrogen-bond donors (Lipinski definition) is 0. The van der Waals surface area contributed by atoms with Crippen LogP contribution in [0.25, 0.3) is 82.6 Å². The van der Waals surface area contributed by atoms with Crippen LogP contribution in [0, 0.1) is 12.1 Å². The zero-order valence-electron chi connectivity index (χ0n) is 34.9. The van der Waals surface area contributed by atoms with Crippen LogP contribution in [0.1, 0.15) is 46.2 Å². The molecule has 2 heteroatoms. The van der Waals surface area contributed by atoms with Gasteiger partial charge >= 0.3 is 0 Å². The molecule has 2 aromatic heterocycles. The molecule has 298 valence electrons. The van der Waals surface area contributed by atoms with Crippen molar-refractivity contribution in [3.63, 3.8) is 0 Å². The molecule has 0 spiro atoms. The molecule has 0 bridgehead atoms. The molecule has 2 heterocycles. The van der Waals surface area contributed by atoms with Crippen LogP contribution in [-0.4, -0.2) is 4.40 Å². The van der Waals surface area contributed by atoms with Crippen molar-refractivity contribution in [1.29, 1.82) is 0 Å². The van der Waals surface area contributed by atoms with E-state index in [9.17, 15) is 0 Å². The molecule has 1 aliphatic carbocycles. The van der Waals surface area contributed by atoms with Crippen LogP contribution in [0.4, 0.5) is 17.1 Å². The molecule has 12 rings (SSSR count). The highest BCUT2D eigenvalue weighted by Gasteiger charge is 2.35. The lowest BCUT2D eigenvalue weighted by molar-refractivity contribution is 0.661. The van der Waals surface area contributed by atoms with E-state index in [1.54, 1.807) is 0 Å². The average molecular weight is 797 g/mol. The van der Waals surface area contributed by atoms with Gasteiger partial charge in [0.25, 0.3) is 0 Å². The summed E-state index contributed by atoms with van der Waals surface area (Å²) in [5.74, 6) is 0. The zero-order chi connectivity index (χ0) is 41.2. The molecule has 62 heavy (non-hydrogen) atoms. The van der Waals surface area contributed by atoms with E-state index in [0.717, 1.165) is 17.1 Å². The maximum absolute atomic E-state index is 3.39. The monoisotopic (exact) mass is 796 g/mol. The van der Waals surface area contributed by atoms with E-state index in [-0.39, 0.29) is 12.8 Å². The van der Waals surface area contributed by atoms with Crippen LogP contribution in [0.5, 0.6) is 0 Å². The van der Waals surface area contributed by atoms with Gasteiger partial charge < -0.3 is 9.30 Å². The van der Waals surface area contributed by atoms with Gasteiger partial charge in [-0.05, 0) is 117 Å². The first-order valence-corrected chi connectivity index (χ1v) is 21.4. The highest BCUT2D eigenvalue weighted by Crippen LogP contribution is 2.49. The Morgan fingerprint density at radius 1 is 0.452 bits per heavy atom. The van der Waals surface area contributed by atoms with E-state index < -0.39 is 0 Å². The fraction of sp³-hybridized carbons (Fsp3) is 0.100. The Balaban J connectivity index is 0.00000151. The minimum absolute atomic E-state index is 0. The standard InChI is InChI=1S/C57H38N2.C2H6.CH4/c1-57(2)51-19-8-6-14-46(51)47-35-28-41(36-52(47)57)39-24-31-43(32-25-39)58(42-29-22-38(23-30-42)37-12-4-3-5-13-37)44-33-26-40(27-34-44)45-16-11-21-54-55(45)50-18-10-17-49-48-15-7-9-20-53(48)59(54)56(49)50;1-2;/h3-5,7-13,15-36H,1-2H3;1-2H3;1H4. The molecule has 0 N–H and O–H groups in total.